The molecule has 0 bridgehead atoms. The van der Waals surface area contributed by atoms with E-state index in [-0.39, 0.29) is 11.8 Å². The molecule has 2 heterocycles. The van der Waals surface area contributed by atoms with Crippen LogP contribution < -0.4 is 5.32 Å². The van der Waals surface area contributed by atoms with Crippen LogP contribution in [0, 0.1) is 5.92 Å². The lowest BCUT2D eigenvalue weighted by atomic mass is 10.0. The zero-order chi connectivity index (χ0) is 15.1. The smallest absolute Gasteiger partial charge is 0.244 e. The van der Waals surface area contributed by atoms with Crippen LogP contribution in [0.4, 0.5) is 0 Å². The highest BCUT2D eigenvalue weighted by molar-refractivity contribution is 5.91. The number of carbonyl (C=O) groups is 1. The van der Waals surface area contributed by atoms with Crippen LogP contribution >= 0.6 is 0 Å². The molecule has 5 nitrogen and oxygen atoms in total. The molecule has 0 aromatic carbocycles. The zero-order valence-electron chi connectivity index (χ0n) is 12.5. The second-order valence-electron chi connectivity index (χ2n) is 5.50. The number of rotatable bonds is 6. The van der Waals surface area contributed by atoms with Crippen molar-refractivity contribution in [2.24, 2.45) is 5.92 Å². The van der Waals surface area contributed by atoms with Gasteiger partial charge in [0.25, 0.3) is 0 Å². The fourth-order valence-electron chi connectivity index (χ4n) is 2.36. The van der Waals surface area contributed by atoms with Crippen LogP contribution in [-0.4, -0.2) is 36.4 Å². The summed E-state index contributed by atoms with van der Waals surface area (Å²) in [6.07, 6.45) is 7.44. The van der Waals surface area contributed by atoms with Gasteiger partial charge in [-0.2, -0.15) is 0 Å². The van der Waals surface area contributed by atoms with Crippen molar-refractivity contribution >= 4 is 12.0 Å². The molecule has 1 amide bonds. The Labute approximate surface area is 125 Å². The summed E-state index contributed by atoms with van der Waals surface area (Å²) in [6, 6.07) is 3.73. The van der Waals surface area contributed by atoms with Crippen molar-refractivity contribution in [2.75, 3.05) is 19.8 Å². The summed E-state index contributed by atoms with van der Waals surface area (Å²) in [4.78, 5) is 15.7. The lowest BCUT2D eigenvalue weighted by molar-refractivity contribution is -0.154. The van der Waals surface area contributed by atoms with E-state index < -0.39 is 5.79 Å². The third-order valence-corrected chi connectivity index (χ3v) is 3.35. The molecule has 0 radical (unpaired) electrons. The van der Waals surface area contributed by atoms with Crippen LogP contribution in [0.5, 0.6) is 0 Å². The molecule has 2 rings (SSSR count). The van der Waals surface area contributed by atoms with Gasteiger partial charge in [-0.15, -0.1) is 0 Å². The van der Waals surface area contributed by atoms with Crippen molar-refractivity contribution < 1.29 is 14.3 Å². The average molecular weight is 290 g/mol. The molecule has 1 N–H and O–H groups in total. The van der Waals surface area contributed by atoms with E-state index >= 15 is 0 Å². The summed E-state index contributed by atoms with van der Waals surface area (Å²) in [5, 5.41) is 2.89. The van der Waals surface area contributed by atoms with Gasteiger partial charge in [-0.1, -0.05) is 13.0 Å². The third-order valence-electron chi connectivity index (χ3n) is 3.35. The Morgan fingerprint density at radius 3 is 2.95 bits per heavy atom. The van der Waals surface area contributed by atoms with E-state index in [1.54, 1.807) is 18.5 Å². The molecule has 1 aliphatic heterocycles. The number of hydrogen-bond donors (Lipinski definition) is 1. The van der Waals surface area contributed by atoms with Gasteiger partial charge in [0.15, 0.2) is 5.79 Å². The van der Waals surface area contributed by atoms with Gasteiger partial charge in [-0.25, -0.2) is 0 Å². The predicted octanol–water partition coefficient (Wildman–Crippen LogP) is 2.00. The number of aromatic nitrogens is 1. The van der Waals surface area contributed by atoms with Crippen molar-refractivity contribution in [3.63, 3.8) is 0 Å². The minimum atomic E-state index is -0.504. The van der Waals surface area contributed by atoms with E-state index in [0.717, 1.165) is 12.0 Å². The minimum Gasteiger partial charge on any atom is -0.352 e. The topological polar surface area (TPSA) is 60.5 Å². The Kier molecular flexibility index (Phi) is 5.47. The van der Waals surface area contributed by atoms with Crippen molar-refractivity contribution in [3.8, 4) is 0 Å². The molecule has 1 aromatic rings. The molecule has 21 heavy (non-hydrogen) atoms. The molecular weight excluding hydrogens is 268 g/mol. The number of ether oxygens (including phenoxy) is 2. The van der Waals surface area contributed by atoms with Crippen LogP contribution in [0.2, 0.25) is 0 Å². The minimum absolute atomic E-state index is 0.107. The van der Waals surface area contributed by atoms with Gasteiger partial charge in [0.1, 0.15) is 0 Å². The molecule has 0 unspecified atom stereocenters. The summed E-state index contributed by atoms with van der Waals surface area (Å²) in [6.45, 7) is 5.90. The second-order valence-corrected chi connectivity index (χ2v) is 5.50. The van der Waals surface area contributed by atoms with E-state index in [0.29, 0.717) is 19.8 Å². The van der Waals surface area contributed by atoms with Crippen LogP contribution in [0.3, 0.4) is 0 Å². The first kappa shape index (κ1) is 15.7. The van der Waals surface area contributed by atoms with Crippen molar-refractivity contribution in [1.82, 2.24) is 10.3 Å². The quantitative estimate of drug-likeness (QED) is 0.814. The first-order chi connectivity index (χ1) is 10.1. The van der Waals surface area contributed by atoms with Crippen LogP contribution in [0.1, 0.15) is 25.8 Å². The number of nitrogens with zero attached hydrogens (tertiary/aromatic N) is 1. The van der Waals surface area contributed by atoms with Crippen LogP contribution in [-0.2, 0) is 14.3 Å². The normalized spacial score (nSPS) is 18.8. The Morgan fingerprint density at radius 2 is 2.29 bits per heavy atom. The Morgan fingerprint density at radius 1 is 1.52 bits per heavy atom. The van der Waals surface area contributed by atoms with Gasteiger partial charge in [-0.05, 0) is 30.5 Å². The summed E-state index contributed by atoms with van der Waals surface area (Å²) < 4.78 is 11.1. The Bertz CT molecular complexity index is 482. The van der Waals surface area contributed by atoms with Gasteiger partial charge < -0.3 is 14.8 Å². The largest absolute Gasteiger partial charge is 0.352 e. The monoisotopic (exact) mass is 290 g/mol. The first-order valence-electron chi connectivity index (χ1n) is 7.21. The van der Waals surface area contributed by atoms with Gasteiger partial charge in [0.05, 0.1) is 13.2 Å². The van der Waals surface area contributed by atoms with Crippen LogP contribution in [0.15, 0.2) is 30.6 Å². The highest BCUT2D eigenvalue weighted by atomic mass is 16.7. The molecule has 1 atom stereocenters. The Balaban J connectivity index is 1.72. The van der Waals surface area contributed by atoms with Gasteiger partial charge in [0, 0.05) is 31.4 Å². The Hall–Kier alpha value is -1.72. The lowest BCUT2D eigenvalue weighted by Gasteiger charge is -2.25. The zero-order valence-corrected chi connectivity index (χ0v) is 12.5. The molecule has 0 spiro atoms. The van der Waals surface area contributed by atoms with Crippen molar-refractivity contribution in [1.29, 1.82) is 0 Å². The van der Waals surface area contributed by atoms with Crippen LogP contribution in [0.25, 0.3) is 6.08 Å². The van der Waals surface area contributed by atoms with Gasteiger partial charge in [0.2, 0.25) is 5.91 Å². The molecular formula is C16H22N2O3. The van der Waals surface area contributed by atoms with E-state index in [1.807, 2.05) is 19.1 Å². The first-order valence-corrected chi connectivity index (χ1v) is 7.21. The van der Waals surface area contributed by atoms with Gasteiger partial charge >= 0.3 is 0 Å². The summed E-state index contributed by atoms with van der Waals surface area (Å²) in [5.74, 6) is -0.330. The molecule has 0 aliphatic carbocycles. The number of carbonyl (C=O) groups excluding carboxylic acids is 1. The fraction of sp³-hybridized carbons (Fsp3) is 0.500. The van der Waals surface area contributed by atoms with Crippen molar-refractivity contribution in [2.45, 2.75) is 26.1 Å². The van der Waals surface area contributed by atoms with E-state index in [1.165, 1.54) is 6.08 Å². The molecule has 1 fully saturated rings. The number of nitrogens with one attached hydrogen (secondary N) is 1. The van der Waals surface area contributed by atoms with Gasteiger partial charge in [-0.3, -0.25) is 9.78 Å². The standard InChI is InChI=1S/C16H22N2O3/c1-13(10-16(2)20-8-9-21-16)11-18-15(19)6-5-14-4-3-7-17-12-14/h3-7,12-13H,8-11H2,1-2H3,(H,18,19)/b6-5-/t13-/m1/s1. The average Bonchev–Trinajstić information content (AvgIpc) is 2.90. The SMILES string of the molecule is C[C@@H](CNC(=O)/C=C\c1cccnc1)CC1(C)OCCO1. The van der Waals surface area contributed by atoms with Crippen molar-refractivity contribution in [3.05, 3.63) is 36.2 Å². The lowest BCUT2D eigenvalue weighted by Crippen LogP contribution is -2.33. The fourth-order valence-corrected chi connectivity index (χ4v) is 2.36. The van der Waals surface area contributed by atoms with E-state index in [4.69, 9.17) is 9.47 Å². The molecule has 1 saturated heterocycles. The molecule has 0 saturated carbocycles. The maximum atomic E-state index is 11.8. The highest BCUT2D eigenvalue weighted by Gasteiger charge is 2.32. The number of hydrogen-bond acceptors (Lipinski definition) is 4. The summed E-state index contributed by atoms with van der Waals surface area (Å²) >= 11 is 0. The highest BCUT2D eigenvalue weighted by Crippen LogP contribution is 2.26. The maximum Gasteiger partial charge on any atom is 0.244 e. The third kappa shape index (κ3) is 5.28. The molecule has 1 aromatic heterocycles. The van der Waals surface area contributed by atoms with E-state index in [2.05, 4.69) is 17.2 Å². The number of pyridine rings is 1. The molecule has 114 valence electrons. The molecule has 1 aliphatic rings. The second kappa shape index (κ2) is 7.33. The van der Waals surface area contributed by atoms with E-state index in [9.17, 15) is 4.79 Å². The number of amides is 1. The summed E-state index contributed by atoms with van der Waals surface area (Å²) in [5.41, 5.74) is 0.904. The molecule has 5 heteroatoms. The summed E-state index contributed by atoms with van der Waals surface area (Å²) in [7, 11) is 0. The predicted molar refractivity (Wildman–Crippen MR) is 80.4 cm³/mol. The maximum absolute atomic E-state index is 11.8.